The van der Waals surface area contributed by atoms with E-state index >= 15 is 0 Å². The van der Waals surface area contributed by atoms with Crippen LogP contribution < -0.4 is 0 Å². The van der Waals surface area contributed by atoms with Gasteiger partial charge in [-0.2, -0.15) is 0 Å². The summed E-state index contributed by atoms with van der Waals surface area (Å²) in [5, 5.41) is 18.8. The SMILES string of the molecule is CC(C(=O)O)=C(C)C(=O)N1CCCC(C)(O)CC1. The van der Waals surface area contributed by atoms with E-state index in [1.165, 1.54) is 13.8 Å². The van der Waals surface area contributed by atoms with E-state index in [0.717, 1.165) is 6.42 Å². The number of amides is 1. The van der Waals surface area contributed by atoms with Crippen molar-refractivity contribution in [2.45, 2.75) is 45.6 Å². The molecule has 18 heavy (non-hydrogen) atoms. The van der Waals surface area contributed by atoms with Crippen LogP contribution in [0, 0.1) is 0 Å². The van der Waals surface area contributed by atoms with Gasteiger partial charge in [0.15, 0.2) is 0 Å². The van der Waals surface area contributed by atoms with Crippen molar-refractivity contribution in [2.24, 2.45) is 0 Å². The molecule has 2 N–H and O–H groups in total. The lowest BCUT2D eigenvalue weighted by Gasteiger charge is -2.23. The molecule has 0 bridgehead atoms. The molecule has 1 heterocycles. The number of aliphatic carboxylic acids is 1. The average molecular weight is 255 g/mol. The number of carbonyl (C=O) groups excluding carboxylic acids is 1. The van der Waals surface area contributed by atoms with Crippen LogP contribution in [-0.2, 0) is 9.59 Å². The molecule has 1 amide bonds. The lowest BCUT2D eigenvalue weighted by molar-refractivity contribution is -0.134. The molecule has 0 radical (unpaired) electrons. The number of carbonyl (C=O) groups is 2. The zero-order valence-electron chi connectivity index (χ0n) is 11.2. The summed E-state index contributed by atoms with van der Waals surface area (Å²) in [4.78, 5) is 24.6. The number of rotatable bonds is 2. The molecule has 0 aromatic heterocycles. The van der Waals surface area contributed by atoms with Crippen LogP contribution in [0.15, 0.2) is 11.1 Å². The Morgan fingerprint density at radius 2 is 1.72 bits per heavy atom. The molecular weight excluding hydrogens is 234 g/mol. The molecule has 0 aromatic rings. The smallest absolute Gasteiger partial charge is 0.331 e. The number of aliphatic hydroxyl groups is 1. The van der Waals surface area contributed by atoms with Crippen molar-refractivity contribution in [3.8, 4) is 0 Å². The number of nitrogens with zero attached hydrogens (tertiary/aromatic N) is 1. The van der Waals surface area contributed by atoms with E-state index in [4.69, 9.17) is 5.11 Å². The van der Waals surface area contributed by atoms with E-state index < -0.39 is 11.6 Å². The molecule has 0 saturated carbocycles. The summed E-state index contributed by atoms with van der Waals surface area (Å²) < 4.78 is 0. The third-order valence-corrected chi connectivity index (χ3v) is 3.55. The number of hydrogen-bond acceptors (Lipinski definition) is 3. The third-order valence-electron chi connectivity index (χ3n) is 3.55. The first kappa shape index (κ1) is 14.7. The minimum atomic E-state index is -1.07. The maximum atomic E-state index is 12.1. The molecule has 1 aliphatic heterocycles. The molecule has 1 unspecified atom stereocenters. The normalized spacial score (nSPS) is 26.3. The molecule has 0 spiro atoms. The van der Waals surface area contributed by atoms with E-state index in [9.17, 15) is 14.7 Å². The van der Waals surface area contributed by atoms with Crippen LogP contribution in [0.3, 0.4) is 0 Å². The van der Waals surface area contributed by atoms with Gasteiger partial charge in [-0.05, 0) is 40.0 Å². The van der Waals surface area contributed by atoms with Gasteiger partial charge in [0.1, 0.15) is 0 Å². The summed E-state index contributed by atoms with van der Waals surface area (Å²) in [7, 11) is 0. The van der Waals surface area contributed by atoms with Crippen LogP contribution in [0.4, 0.5) is 0 Å². The highest BCUT2D eigenvalue weighted by Gasteiger charge is 2.28. The number of hydrogen-bond donors (Lipinski definition) is 2. The average Bonchev–Trinajstić information content (AvgIpc) is 2.47. The highest BCUT2D eigenvalue weighted by molar-refractivity contribution is 6.01. The van der Waals surface area contributed by atoms with Crippen molar-refractivity contribution < 1.29 is 19.8 Å². The van der Waals surface area contributed by atoms with Crippen molar-refractivity contribution >= 4 is 11.9 Å². The molecule has 1 aliphatic rings. The summed E-state index contributed by atoms with van der Waals surface area (Å²) in [5.74, 6) is -1.31. The predicted molar refractivity (Wildman–Crippen MR) is 67.1 cm³/mol. The number of likely N-dealkylation sites (tertiary alicyclic amines) is 1. The zero-order chi connectivity index (χ0) is 13.9. The van der Waals surface area contributed by atoms with Gasteiger partial charge in [-0.1, -0.05) is 0 Å². The van der Waals surface area contributed by atoms with Gasteiger partial charge in [0.25, 0.3) is 0 Å². The van der Waals surface area contributed by atoms with E-state index in [0.29, 0.717) is 25.9 Å². The molecule has 0 aliphatic carbocycles. The van der Waals surface area contributed by atoms with Crippen molar-refractivity contribution in [2.75, 3.05) is 13.1 Å². The van der Waals surface area contributed by atoms with Gasteiger partial charge in [-0.3, -0.25) is 4.79 Å². The Bertz CT molecular complexity index is 384. The molecule has 1 saturated heterocycles. The van der Waals surface area contributed by atoms with E-state index in [1.807, 2.05) is 0 Å². The Kier molecular flexibility index (Phi) is 4.51. The predicted octanol–water partition coefficient (Wildman–Crippen LogP) is 1.17. The van der Waals surface area contributed by atoms with Gasteiger partial charge >= 0.3 is 5.97 Å². The number of carboxylic acid groups (broad SMARTS) is 1. The minimum absolute atomic E-state index is 0.0796. The molecule has 0 aromatic carbocycles. The van der Waals surface area contributed by atoms with E-state index in [2.05, 4.69) is 0 Å². The van der Waals surface area contributed by atoms with Gasteiger partial charge in [0.05, 0.1) is 5.60 Å². The van der Waals surface area contributed by atoms with Crippen LogP contribution in [-0.4, -0.2) is 45.7 Å². The first-order chi connectivity index (χ1) is 8.24. The monoisotopic (exact) mass is 255 g/mol. The van der Waals surface area contributed by atoms with E-state index in [-0.39, 0.29) is 17.1 Å². The lowest BCUT2D eigenvalue weighted by Crippen LogP contribution is -2.34. The number of carboxylic acids is 1. The standard InChI is InChI=1S/C13H21NO4/c1-9(10(2)12(16)17)11(15)14-7-4-5-13(3,18)6-8-14/h18H,4-8H2,1-3H3,(H,16,17). The molecule has 1 rings (SSSR count). The molecule has 1 fully saturated rings. The summed E-state index contributed by atoms with van der Waals surface area (Å²) in [5.41, 5.74) is -0.380. The Balaban J connectivity index is 2.79. The Morgan fingerprint density at radius 3 is 2.28 bits per heavy atom. The van der Waals surface area contributed by atoms with Gasteiger partial charge in [-0.15, -0.1) is 0 Å². The fourth-order valence-corrected chi connectivity index (χ4v) is 2.02. The lowest BCUT2D eigenvalue weighted by atomic mass is 9.98. The summed E-state index contributed by atoms with van der Waals surface area (Å²) in [6, 6.07) is 0. The van der Waals surface area contributed by atoms with Crippen molar-refractivity contribution in [1.82, 2.24) is 4.90 Å². The van der Waals surface area contributed by atoms with Crippen LogP contribution in [0.2, 0.25) is 0 Å². The van der Waals surface area contributed by atoms with Gasteiger partial charge in [-0.25, -0.2) is 4.79 Å². The fraction of sp³-hybridized carbons (Fsp3) is 0.692. The van der Waals surface area contributed by atoms with Gasteiger partial charge in [0.2, 0.25) is 5.91 Å². The quantitative estimate of drug-likeness (QED) is 0.726. The highest BCUT2D eigenvalue weighted by atomic mass is 16.4. The van der Waals surface area contributed by atoms with Crippen LogP contribution in [0.1, 0.15) is 40.0 Å². The Labute approximate surface area is 107 Å². The van der Waals surface area contributed by atoms with Crippen LogP contribution in [0.5, 0.6) is 0 Å². The second-order valence-corrected chi connectivity index (χ2v) is 5.20. The van der Waals surface area contributed by atoms with Gasteiger partial charge < -0.3 is 15.1 Å². The van der Waals surface area contributed by atoms with Gasteiger partial charge in [0, 0.05) is 24.2 Å². The topological polar surface area (TPSA) is 77.8 Å². The maximum absolute atomic E-state index is 12.1. The Hall–Kier alpha value is -1.36. The first-order valence-corrected chi connectivity index (χ1v) is 6.17. The van der Waals surface area contributed by atoms with Crippen molar-refractivity contribution in [1.29, 1.82) is 0 Å². The zero-order valence-corrected chi connectivity index (χ0v) is 11.2. The summed E-state index contributed by atoms with van der Waals surface area (Å²) in [6.07, 6.45) is 1.92. The minimum Gasteiger partial charge on any atom is -0.478 e. The molecular formula is C13H21NO4. The molecule has 1 atom stereocenters. The molecule has 102 valence electrons. The first-order valence-electron chi connectivity index (χ1n) is 6.17. The Morgan fingerprint density at radius 1 is 1.11 bits per heavy atom. The van der Waals surface area contributed by atoms with Crippen molar-refractivity contribution in [3.05, 3.63) is 11.1 Å². The fourth-order valence-electron chi connectivity index (χ4n) is 2.02. The maximum Gasteiger partial charge on any atom is 0.331 e. The van der Waals surface area contributed by atoms with Crippen LogP contribution >= 0.6 is 0 Å². The molecule has 5 nitrogen and oxygen atoms in total. The van der Waals surface area contributed by atoms with Crippen LogP contribution in [0.25, 0.3) is 0 Å². The van der Waals surface area contributed by atoms with E-state index in [1.54, 1.807) is 11.8 Å². The van der Waals surface area contributed by atoms with Crippen molar-refractivity contribution in [3.63, 3.8) is 0 Å². The molecule has 5 heteroatoms. The second kappa shape index (κ2) is 5.52. The summed E-state index contributed by atoms with van der Waals surface area (Å²) >= 11 is 0. The second-order valence-electron chi connectivity index (χ2n) is 5.20. The third kappa shape index (κ3) is 3.57. The summed E-state index contributed by atoms with van der Waals surface area (Å²) in [6.45, 7) is 5.78. The highest BCUT2D eigenvalue weighted by Crippen LogP contribution is 2.22. The largest absolute Gasteiger partial charge is 0.478 e.